The first-order valence-electron chi connectivity index (χ1n) is 4.22. The Morgan fingerprint density at radius 3 is 2.31 bits per heavy atom. The molecule has 0 aromatic carbocycles. The van der Waals surface area contributed by atoms with Gasteiger partial charge in [-0.1, -0.05) is 20.8 Å². The van der Waals surface area contributed by atoms with Crippen LogP contribution in [0.5, 0.6) is 0 Å². The minimum Gasteiger partial charge on any atom is -0.384 e. The van der Waals surface area contributed by atoms with E-state index in [1.807, 2.05) is 0 Å². The summed E-state index contributed by atoms with van der Waals surface area (Å²) in [5.41, 5.74) is 11.7. The molecule has 0 bridgehead atoms. The Bertz CT molecular complexity index is 229. The second-order valence-electron chi connectivity index (χ2n) is 4.12. The average Bonchev–Trinajstić information content (AvgIpc) is 1.99. The van der Waals surface area contributed by atoms with E-state index in [1.54, 1.807) is 7.05 Å². The molecule has 74 valence electrons. The van der Waals surface area contributed by atoms with Crippen molar-refractivity contribution >= 4 is 0 Å². The molecule has 13 heavy (non-hydrogen) atoms. The van der Waals surface area contributed by atoms with E-state index in [2.05, 4.69) is 37.7 Å². The van der Waals surface area contributed by atoms with E-state index in [9.17, 15) is 0 Å². The molecule has 0 saturated heterocycles. The lowest BCUT2D eigenvalue weighted by Gasteiger charge is -2.18. The second-order valence-corrected chi connectivity index (χ2v) is 4.12. The van der Waals surface area contributed by atoms with Gasteiger partial charge in [0.15, 0.2) is 0 Å². The molecule has 0 saturated carbocycles. The summed E-state index contributed by atoms with van der Waals surface area (Å²) in [5, 5.41) is 8.83. The maximum Gasteiger partial charge on any atom is 0.124 e. The van der Waals surface area contributed by atoms with Crippen molar-refractivity contribution in [2.24, 2.45) is 11.1 Å². The van der Waals surface area contributed by atoms with Gasteiger partial charge in [0, 0.05) is 7.05 Å². The van der Waals surface area contributed by atoms with Gasteiger partial charge in [0.05, 0.1) is 11.6 Å². The summed E-state index contributed by atoms with van der Waals surface area (Å²) in [6.45, 7) is 6.20. The van der Waals surface area contributed by atoms with Gasteiger partial charge in [-0.05, 0) is 11.8 Å². The van der Waals surface area contributed by atoms with E-state index < -0.39 is 0 Å². The number of nitrogens with zero attached hydrogens (tertiary/aromatic N) is 1. The van der Waals surface area contributed by atoms with E-state index in [0.29, 0.717) is 17.8 Å². The largest absolute Gasteiger partial charge is 0.384 e. The summed E-state index contributed by atoms with van der Waals surface area (Å²) in [4.78, 5) is 0. The predicted molar refractivity (Wildman–Crippen MR) is 53.1 cm³/mol. The maximum atomic E-state index is 8.83. The van der Waals surface area contributed by atoms with Crippen LogP contribution >= 0.6 is 0 Å². The molecule has 4 N–H and O–H groups in total. The average molecular weight is 182 g/mol. The van der Waals surface area contributed by atoms with E-state index in [1.165, 1.54) is 0 Å². The number of hydrogen-bond acceptors (Lipinski definition) is 4. The molecule has 4 heteroatoms. The molecule has 0 fully saturated rings. The van der Waals surface area contributed by atoms with Gasteiger partial charge in [-0.25, -0.2) is 5.43 Å². The van der Waals surface area contributed by atoms with Crippen LogP contribution in [0.1, 0.15) is 27.2 Å². The standard InChI is InChI=1S/C9H18N4/c1-9(2,3)5-7(6-10)8(11)13-12-4/h12-13H,5,11H2,1-4H3/b8-7+. The van der Waals surface area contributed by atoms with Crippen LogP contribution < -0.4 is 16.6 Å². The Balaban J connectivity index is 4.53. The van der Waals surface area contributed by atoms with Crippen LogP contribution in [0, 0.1) is 16.7 Å². The van der Waals surface area contributed by atoms with Gasteiger partial charge in [-0.15, -0.1) is 0 Å². The molecule has 0 heterocycles. The summed E-state index contributed by atoms with van der Waals surface area (Å²) in [6.07, 6.45) is 0.671. The van der Waals surface area contributed by atoms with Crippen molar-refractivity contribution in [2.75, 3.05) is 7.05 Å². The van der Waals surface area contributed by atoms with Crippen LogP contribution in [-0.2, 0) is 0 Å². The fourth-order valence-electron chi connectivity index (χ4n) is 0.935. The van der Waals surface area contributed by atoms with Gasteiger partial charge in [-0.3, -0.25) is 0 Å². The molecular weight excluding hydrogens is 164 g/mol. The first kappa shape index (κ1) is 11.8. The van der Waals surface area contributed by atoms with E-state index >= 15 is 0 Å². The van der Waals surface area contributed by atoms with Gasteiger partial charge in [0.25, 0.3) is 0 Å². The molecule has 0 aliphatic rings. The highest BCUT2D eigenvalue weighted by atomic mass is 15.4. The quantitative estimate of drug-likeness (QED) is 0.446. The van der Waals surface area contributed by atoms with Gasteiger partial charge >= 0.3 is 0 Å². The third-order valence-corrected chi connectivity index (χ3v) is 1.43. The number of nitriles is 1. The molecule has 4 nitrogen and oxygen atoms in total. The lowest BCUT2D eigenvalue weighted by Crippen LogP contribution is -2.32. The fraction of sp³-hybridized carbons (Fsp3) is 0.667. The number of rotatable bonds is 3. The lowest BCUT2D eigenvalue weighted by atomic mass is 9.88. The third kappa shape index (κ3) is 5.10. The summed E-state index contributed by atoms with van der Waals surface area (Å²) >= 11 is 0. The van der Waals surface area contributed by atoms with Gasteiger partial charge in [0.1, 0.15) is 5.82 Å². The Morgan fingerprint density at radius 2 is 2.00 bits per heavy atom. The van der Waals surface area contributed by atoms with Crippen molar-refractivity contribution in [3.8, 4) is 6.07 Å². The van der Waals surface area contributed by atoms with E-state index in [-0.39, 0.29) is 5.41 Å². The molecule has 0 aromatic heterocycles. The van der Waals surface area contributed by atoms with Crippen LogP contribution in [0.2, 0.25) is 0 Å². The zero-order valence-electron chi connectivity index (χ0n) is 8.73. The maximum absolute atomic E-state index is 8.83. The predicted octanol–water partition coefficient (Wildman–Crippen LogP) is 0.840. The number of hydrazine groups is 1. The topological polar surface area (TPSA) is 73.9 Å². The Labute approximate surface area is 79.8 Å². The molecule has 0 spiro atoms. The molecule has 0 rings (SSSR count). The minimum atomic E-state index is 0.0745. The normalized spacial score (nSPS) is 13.2. The highest BCUT2D eigenvalue weighted by Gasteiger charge is 2.15. The second kappa shape index (κ2) is 4.73. The SMILES string of the molecule is CNN/C(N)=C(/C#N)CC(C)(C)C. The Kier molecular flexibility index (Phi) is 4.29. The molecule has 0 amide bonds. The smallest absolute Gasteiger partial charge is 0.124 e. The zero-order valence-corrected chi connectivity index (χ0v) is 8.73. The number of nitrogens with two attached hydrogens (primary N) is 1. The van der Waals surface area contributed by atoms with Crippen LogP contribution in [0.3, 0.4) is 0 Å². The minimum absolute atomic E-state index is 0.0745. The van der Waals surface area contributed by atoms with Gasteiger partial charge in [0.2, 0.25) is 0 Å². The molecule has 0 unspecified atom stereocenters. The molecule has 0 radical (unpaired) electrons. The Hall–Kier alpha value is -1.21. The van der Waals surface area contributed by atoms with Crippen LogP contribution in [0.25, 0.3) is 0 Å². The highest BCUT2D eigenvalue weighted by molar-refractivity contribution is 5.25. The van der Waals surface area contributed by atoms with Crippen molar-refractivity contribution < 1.29 is 0 Å². The fourth-order valence-corrected chi connectivity index (χ4v) is 0.935. The third-order valence-electron chi connectivity index (χ3n) is 1.43. The summed E-state index contributed by atoms with van der Waals surface area (Å²) in [6, 6.07) is 2.10. The van der Waals surface area contributed by atoms with Crippen LogP contribution in [-0.4, -0.2) is 7.05 Å². The Morgan fingerprint density at radius 1 is 1.46 bits per heavy atom. The monoisotopic (exact) mass is 182 g/mol. The van der Waals surface area contributed by atoms with Crippen molar-refractivity contribution in [3.05, 3.63) is 11.4 Å². The number of allylic oxidation sites excluding steroid dienone is 1. The van der Waals surface area contributed by atoms with Crippen molar-refractivity contribution in [2.45, 2.75) is 27.2 Å². The highest BCUT2D eigenvalue weighted by Crippen LogP contribution is 2.23. The van der Waals surface area contributed by atoms with Crippen molar-refractivity contribution in [1.29, 1.82) is 5.26 Å². The molecule has 0 aliphatic carbocycles. The van der Waals surface area contributed by atoms with Crippen LogP contribution in [0.15, 0.2) is 11.4 Å². The van der Waals surface area contributed by atoms with Gasteiger partial charge in [-0.2, -0.15) is 5.26 Å². The first-order valence-corrected chi connectivity index (χ1v) is 4.22. The van der Waals surface area contributed by atoms with Crippen LogP contribution in [0.4, 0.5) is 0 Å². The molecule has 0 aromatic rings. The molecule has 0 atom stereocenters. The van der Waals surface area contributed by atoms with E-state index in [0.717, 1.165) is 0 Å². The summed E-state index contributed by atoms with van der Waals surface area (Å²) in [7, 11) is 1.71. The zero-order chi connectivity index (χ0) is 10.5. The molecular formula is C9H18N4. The molecule has 0 aliphatic heterocycles. The lowest BCUT2D eigenvalue weighted by molar-refractivity contribution is 0.410. The summed E-state index contributed by atoms with van der Waals surface area (Å²) in [5.74, 6) is 0.403. The number of nitrogens with one attached hydrogen (secondary N) is 2. The van der Waals surface area contributed by atoms with E-state index in [4.69, 9.17) is 11.0 Å². The van der Waals surface area contributed by atoms with Gasteiger partial charge < -0.3 is 11.2 Å². The summed E-state index contributed by atoms with van der Waals surface area (Å²) < 4.78 is 0. The number of hydrogen-bond donors (Lipinski definition) is 3. The van der Waals surface area contributed by atoms with Crippen molar-refractivity contribution in [1.82, 2.24) is 10.9 Å². The van der Waals surface area contributed by atoms with Crippen molar-refractivity contribution in [3.63, 3.8) is 0 Å². The first-order chi connectivity index (χ1) is 5.90.